The Morgan fingerprint density at radius 3 is 2.28 bits per heavy atom. The van der Waals surface area contributed by atoms with Crippen LogP contribution in [0.3, 0.4) is 0 Å². The van der Waals surface area contributed by atoms with Crippen molar-refractivity contribution in [1.29, 1.82) is 0 Å². The predicted octanol–water partition coefficient (Wildman–Crippen LogP) is 5.55. The summed E-state index contributed by atoms with van der Waals surface area (Å²) in [6, 6.07) is 13.2. The van der Waals surface area contributed by atoms with Crippen molar-refractivity contribution in [2.24, 2.45) is 0 Å². The summed E-state index contributed by atoms with van der Waals surface area (Å²) < 4.78 is 14.2. The lowest BCUT2D eigenvalue weighted by Crippen LogP contribution is -2.10. The van der Waals surface area contributed by atoms with Crippen LogP contribution in [0.2, 0.25) is 0 Å². The molecule has 0 N–H and O–H groups in total. The van der Waals surface area contributed by atoms with Gasteiger partial charge in [0.1, 0.15) is 5.82 Å². The Labute approximate surface area is 116 Å². The maximum atomic E-state index is 13.4. The largest absolute Gasteiger partial charge is 0.207 e. The number of hydrogen-bond acceptors (Lipinski definition) is 0. The maximum Gasteiger partial charge on any atom is 0.124 e. The van der Waals surface area contributed by atoms with Crippen molar-refractivity contribution in [3.63, 3.8) is 0 Å². The molecule has 0 fully saturated rings. The predicted molar refractivity (Wildman–Crippen MR) is 78.2 cm³/mol. The summed E-state index contributed by atoms with van der Waals surface area (Å²) in [5.74, 6) is -0.222. The first-order chi connectivity index (χ1) is 8.36. The maximum absolute atomic E-state index is 13.4. The second-order valence-corrected chi connectivity index (χ2v) is 6.40. The van der Waals surface area contributed by atoms with Gasteiger partial charge in [-0.2, -0.15) is 0 Å². The van der Waals surface area contributed by atoms with Crippen molar-refractivity contribution < 1.29 is 4.39 Å². The molecule has 0 radical (unpaired) electrons. The third-order valence-corrected chi connectivity index (χ3v) is 3.38. The molecule has 94 valence electrons. The van der Waals surface area contributed by atoms with Crippen molar-refractivity contribution in [2.75, 3.05) is 0 Å². The van der Waals surface area contributed by atoms with E-state index in [1.165, 1.54) is 11.6 Å². The molecule has 0 unspecified atom stereocenters. The first kappa shape index (κ1) is 13.3. The lowest BCUT2D eigenvalue weighted by molar-refractivity contribution is 0.590. The lowest BCUT2D eigenvalue weighted by Gasteiger charge is -2.19. The standard InChI is InChI=1S/C16H16BrF/c1-16(2,3)13-6-4-5-11(7-13)12-8-14(17)10-15(18)9-12/h4-10H,1-3H3. The molecule has 0 nitrogen and oxygen atoms in total. The van der Waals surface area contributed by atoms with E-state index in [1.54, 1.807) is 6.07 Å². The highest BCUT2D eigenvalue weighted by Gasteiger charge is 2.14. The van der Waals surface area contributed by atoms with Crippen LogP contribution >= 0.6 is 15.9 Å². The second-order valence-electron chi connectivity index (χ2n) is 5.49. The zero-order chi connectivity index (χ0) is 13.3. The smallest absolute Gasteiger partial charge is 0.124 e. The third kappa shape index (κ3) is 2.99. The van der Waals surface area contributed by atoms with Crippen molar-refractivity contribution in [3.8, 4) is 11.1 Å². The number of rotatable bonds is 1. The average Bonchev–Trinajstić information content (AvgIpc) is 2.27. The summed E-state index contributed by atoms with van der Waals surface area (Å²) in [4.78, 5) is 0. The highest BCUT2D eigenvalue weighted by atomic mass is 79.9. The highest BCUT2D eigenvalue weighted by molar-refractivity contribution is 9.10. The molecule has 0 saturated heterocycles. The zero-order valence-corrected chi connectivity index (χ0v) is 12.4. The number of hydrogen-bond donors (Lipinski definition) is 0. The molecule has 0 atom stereocenters. The van der Waals surface area contributed by atoms with Crippen LogP contribution in [0.25, 0.3) is 11.1 Å². The molecule has 2 heteroatoms. The van der Waals surface area contributed by atoms with Crippen LogP contribution in [0.5, 0.6) is 0 Å². The van der Waals surface area contributed by atoms with Crippen LogP contribution in [-0.2, 0) is 5.41 Å². The Morgan fingerprint density at radius 1 is 0.944 bits per heavy atom. The van der Waals surface area contributed by atoms with Crippen LogP contribution in [0, 0.1) is 5.82 Å². The van der Waals surface area contributed by atoms with Gasteiger partial charge in [0, 0.05) is 4.47 Å². The van der Waals surface area contributed by atoms with Gasteiger partial charge in [-0.3, -0.25) is 0 Å². The molecule has 0 bridgehead atoms. The molecule has 0 aliphatic heterocycles. The molecule has 2 aromatic rings. The van der Waals surface area contributed by atoms with E-state index in [9.17, 15) is 4.39 Å². The van der Waals surface area contributed by atoms with Gasteiger partial charge in [0.25, 0.3) is 0 Å². The Bertz CT molecular complexity index is 547. The minimum atomic E-state index is -0.222. The Morgan fingerprint density at radius 2 is 1.67 bits per heavy atom. The van der Waals surface area contributed by atoms with Crippen LogP contribution in [0.1, 0.15) is 26.3 Å². The van der Waals surface area contributed by atoms with Crippen LogP contribution in [0.15, 0.2) is 46.9 Å². The molecule has 18 heavy (non-hydrogen) atoms. The van der Waals surface area contributed by atoms with Crippen LogP contribution in [0.4, 0.5) is 4.39 Å². The van der Waals surface area contributed by atoms with Gasteiger partial charge < -0.3 is 0 Å². The Balaban J connectivity index is 2.51. The van der Waals surface area contributed by atoms with Crippen LogP contribution in [-0.4, -0.2) is 0 Å². The van der Waals surface area contributed by atoms with Gasteiger partial charge in [0.2, 0.25) is 0 Å². The van der Waals surface area contributed by atoms with E-state index in [2.05, 4.69) is 48.8 Å². The minimum absolute atomic E-state index is 0.0978. The van der Waals surface area contributed by atoms with Gasteiger partial charge in [0.15, 0.2) is 0 Å². The van der Waals surface area contributed by atoms with Gasteiger partial charge in [0.05, 0.1) is 0 Å². The average molecular weight is 307 g/mol. The summed E-state index contributed by atoms with van der Waals surface area (Å²) in [6.07, 6.45) is 0. The molecule has 0 heterocycles. The van der Waals surface area contributed by atoms with E-state index < -0.39 is 0 Å². The molecule has 0 aromatic heterocycles. The van der Waals surface area contributed by atoms with Gasteiger partial charge in [-0.05, 0) is 40.3 Å². The summed E-state index contributed by atoms with van der Waals surface area (Å²) in [5, 5.41) is 0. The quantitative estimate of drug-likeness (QED) is 0.647. The fourth-order valence-electron chi connectivity index (χ4n) is 1.89. The van der Waals surface area contributed by atoms with Crippen LogP contribution < -0.4 is 0 Å². The van der Waals surface area contributed by atoms with E-state index in [0.717, 1.165) is 15.6 Å². The normalized spacial score (nSPS) is 11.6. The van der Waals surface area contributed by atoms with E-state index >= 15 is 0 Å². The monoisotopic (exact) mass is 306 g/mol. The van der Waals surface area contributed by atoms with Gasteiger partial charge in [-0.15, -0.1) is 0 Å². The fourth-order valence-corrected chi connectivity index (χ4v) is 2.35. The third-order valence-electron chi connectivity index (χ3n) is 2.92. The lowest BCUT2D eigenvalue weighted by atomic mass is 9.85. The molecule has 0 saturated carbocycles. The van der Waals surface area contributed by atoms with Crippen molar-refractivity contribution >= 4 is 15.9 Å². The fraction of sp³-hybridized carbons (Fsp3) is 0.250. The summed E-state index contributed by atoms with van der Waals surface area (Å²) in [6.45, 7) is 6.52. The molecule has 2 aromatic carbocycles. The second kappa shape index (κ2) is 4.85. The summed E-state index contributed by atoms with van der Waals surface area (Å²) in [7, 11) is 0. The topological polar surface area (TPSA) is 0 Å². The van der Waals surface area contributed by atoms with Gasteiger partial charge in [-0.25, -0.2) is 4.39 Å². The van der Waals surface area contributed by atoms with Crippen molar-refractivity contribution in [3.05, 3.63) is 58.3 Å². The van der Waals surface area contributed by atoms with E-state index in [1.807, 2.05) is 18.2 Å². The number of halogens is 2. The highest BCUT2D eigenvalue weighted by Crippen LogP contribution is 2.29. The van der Waals surface area contributed by atoms with E-state index in [4.69, 9.17) is 0 Å². The van der Waals surface area contributed by atoms with Gasteiger partial charge >= 0.3 is 0 Å². The minimum Gasteiger partial charge on any atom is -0.207 e. The van der Waals surface area contributed by atoms with Crippen molar-refractivity contribution in [2.45, 2.75) is 26.2 Å². The SMILES string of the molecule is CC(C)(C)c1cccc(-c2cc(F)cc(Br)c2)c1. The molecule has 0 amide bonds. The number of benzene rings is 2. The molecule has 2 rings (SSSR count). The molecular formula is C16H16BrF. The Hall–Kier alpha value is -1.15. The molecular weight excluding hydrogens is 291 g/mol. The molecule has 0 aliphatic rings. The summed E-state index contributed by atoms with van der Waals surface area (Å²) >= 11 is 3.33. The van der Waals surface area contributed by atoms with Gasteiger partial charge in [-0.1, -0.05) is 61.0 Å². The van der Waals surface area contributed by atoms with E-state index in [0.29, 0.717) is 0 Å². The van der Waals surface area contributed by atoms with E-state index in [-0.39, 0.29) is 11.2 Å². The molecule has 0 aliphatic carbocycles. The van der Waals surface area contributed by atoms with Crippen molar-refractivity contribution in [1.82, 2.24) is 0 Å². The first-order valence-electron chi connectivity index (χ1n) is 5.93. The zero-order valence-electron chi connectivity index (χ0n) is 10.8. The summed E-state index contributed by atoms with van der Waals surface area (Å²) in [5.41, 5.74) is 3.29. The Kier molecular flexibility index (Phi) is 3.58. The molecule has 0 spiro atoms. The first-order valence-corrected chi connectivity index (χ1v) is 6.72.